The molecule has 5 heteroatoms. The van der Waals surface area contributed by atoms with Crippen molar-refractivity contribution >= 4 is 11.6 Å². The Morgan fingerprint density at radius 2 is 1.96 bits per heavy atom. The van der Waals surface area contributed by atoms with Gasteiger partial charge in [0.05, 0.1) is 6.20 Å². The Balaban J connectivity index is 1.69. The van der Waals surface area contributed by atoms with Crippen LogP contribution >= 0.6 is 0 Å². The van der Waals surface area contributed by atoms with Gasteiger partial charge in [-0.3, -0.25) is 9.20 Å². The number of ether oxygens (including phenoxy) is 1. The summed E-state index contributed by atoms with van der Waals surface area (Å²) in [5.41, 5.74) is 1.47. The van der Waals surface area contributed by atoms with Crippen LogP contribution < -0.4 is 5.32 Å². The first kappa shape index (κ1) is 14.9. The molecule has 1 unspecified atom stereocenters. The number of benzene rings is 1. The van der Waals surface area contributed by atoms with E-state index in [9.17, 15) is 4.79 Å². The van der Waals surface area contributed by atoms with Crippen molar-refractivity contribution < 1.29 is 9.53 Å². The fraction of sp³-hybridized carbons (Fsp3) is 0.263. The third-order valence-corrected chi connectivity index (χ3v) is 4.48. The fourth-order valence-electron chi connectivity index (χ4n) is 3.25. The Bertz CT molecular complexity index is 851. The van der Waals surface area contributed by atoms with Crippen LogP contribution in [-0.4, -0.2) is 21.9 Å². The number of carbonyl (C=O) groups is 1. The first-order valence-corrected chi connectivity index (χ1v) is 8.23. The summed E-state index contributed by atoms with van der Waals surface area (Å²) in [5.74, 6) is -0.181. The molecule has 3 heterocycles. The molecule has 0 saturated carbocycles. The molecule has 2 aromatic heterocycles. The van der Waals surface area contributed by atoms with Crippen LogP contribution in [0.3, 0.4) is 0 Å². The van der Waals surface area contributed by atoms with Gasteiger partial charge in [-0.2, -0.15) is 0 Å². The van der Waals surface area contributed by atoms with E-state index in [0.717, 1.165) is 30.5 Å². The number of amides is 1. The maximum Gasteiger partial charge on any atom is 0.272 e. The summed E-state index contributed by atoms with van der Waals surface area (Å²) in [4.78, 5) is 17.2. The van der Waals surface area contributed by atoms with Gasteiger partial charge in [-0.1, -0.05) is 36.4 Å². The van der Waals surface area contributed by atoms with Crippen LogP contribution in [0.2, 0.25) is 0 Å². The standard InChI is InChI=1S/C19H19N3O2/c23-18(16-14-20-17-10-4-6-12-22(16)17)21-19(11-5-7-13-24-19)15-8-2-1-3-9-15/h1-4,6,8-10,12,14H,5,7,11,13H2,(H,21,23). The lowest BCUT2D eigenvalue weighted by Gasteiger charge is -2.38. The van der Waals surface area contributed by atoms with Gasteiger partial charge in [0.15, 0.2) is 5.72 Å². The van der Waals surface area contributed by atoms with Crippen molar-refractivity contribution in [2.45, 2.75) is 25.0 Å². The highest BCUT2D eigenvalue weighted by Gasteiger charge is 2.37. The van der Waals surface area contributed by atoms with E-state index in [1.54, 1.807) is 10.6 Å². The molecule has 5 nitrogen and oxygen atoms in total. The Morgan fingerprint density at radius 1 is 1.12 bits per heavy atom. The normalized spacial score (nSPS) is 20.8. The van der Waals surface area contributed by atoms with Gasteiger partial charge in [-0.15, -0.1) is 0 Å². The lowest BCUT2D eigenvalue weighted by atomic mass is 9.94. The third kappa shape index (κ3) is 2.57. The van der Waals surface area contributed by atoms with Crippen LogP contribution in [0.1, 0.15) is 35.3 Å². The van der Waals surface area contributed by atoms with Crippen molar-refractivity contribution in [2.24, 2.45) is 0 Å². The van der Waals surface area contributed by atoms with Crippen LogP contribution in [-0.2, 0) is 10.5 Å². The van der Waals surface area contributed by atoms with Gasteiger partial charge >= 0.3 is 0 Å². The predicted octanol–water partition coefficient (Wildman–Crippen LogP) is 3.12. The van der Waals surface area contributed by atoms with E-state index < -0.39 is 5.72 Å². The first-order valence-electron chi connectivity index (χ1n) is 8.23. The van der Waals surface area contributed by atoms with Crippen molar-refractivity contribution in [2.75, 3.05) is 6.61 Å². The van der Waals surface area contributed by atoms with Crippen molar-refractivity contribution in [1.82, 2.24) is 14.7 Å². The summed E-state index contributed by atoms with van der Waals surface area (Å²) in [5, 5.41) is 3.12. The van der Waals surface area contributed by atoms with Gasteiger partial charge in [0.25, 0.3) is 5.91 Å². The number of fused-ring (bicyclic) bond motifs is 1. The number of nitrogens with zero attached hydrogens (tertiary/aromatic N) is 2. The number of aromatic nitrogens is 2. The summed E-state index contributed by atoms with van der Waals surface area (Å²) < 4.78 is 7.86. The summed E-state index contributed by atoms with van der Waals surface area (Å²) in [6, 6.07) is 15.6. The van der Waals surface area contributed by atoms with Crippen molar-refractivity contribution in [3.63, 3.8) is 0 Å². The SMILES string of the molecule is O=C(NC1(c2ccccc2)CCCCO1)c1cnc2ccccn12. The highest BCUT2D eigenvalue weighted by atomic mass is 16.5. The van der Waals surface area contributed by atoms with Crippen LogP contribution in [0.15, 0.2) is 60.9 Å². The van der Waals surface area contributed by atoms with Crippen molar-refractivity contribution in [1.29, 1.82) is 0 Å². The number of imidazole rings is 1. The molecule has 24 heavy (non-hydrogen) atoms. The molecule has 1 amide bonds. The van der Waals surface area contributed by atoms with Gasteiger partial charge in [0.1, 0.15) is 11.3 Å². The monoisotopic (exact) mass is 321 g/mol. The van der Waals surface area contributed by atoms with E-state index in [-0.39, 0.29) is 5.91 Å². The molecule has 0 radical (unpaired) electrons. The Morgan fingerprint density at radius 3 is 2.75 bits per heavy atom. The van der Waals surface area contributed by atoms with Crippen LogP contribution in [0.5, 0.6) is 0 Å². The van der Waals surface area contributed by atoms with E-state index in [1.165, 1.54) is 0 Å². The van der Waals surface area contributed by atoms with Gasteiger partial charge in [0.2, 0.25) is 0 Å². The molecule has 1 aliphatic heterocycles. The average Bonchev–Trinajstić information content (AvgIpc) is 3.07. The largest absolute Gasteiger partial charge is 0.351 e. The second-order valence-electron chi connectivity index (χ2n) is 6.03. The second kappa shape index (κ2) is 6.09. The van der Waals surface area contributed by atoms with Crippen molar-refractivity contribution in [3.05, 3.63) is 72.2 Å². The maximum atomic E-state index is 12.9. The zero-order chi connectivity index (χ0) is 16.4. The molecule has 4 rings (SSSR count). The smallest absolute Gasteiger partial charge is 0.272 e. The summed E-state index contributed by atoms with van der Waals surface area (Å²) >= 11 is 0. The molecular weight excluding hydrogens is 302 g/mol. The van der Waals surface area contributed by atoms with E-state index >= 15 is 0 Å². The Labute approximate surface area is 140 Å². The minimum absolute atomic E-state index is 0.181. The molecular formula is C19H19N3O2. The van der Waals surface area contributed by atoms with Gasteiger partial charge < -0.3 is 10.1 Å². The summed E-state index contributed by atoms with van der Waals surface area (Å²) in [6.45, 7) is 0.641. The number of hydrogen-bond acceptors (Lipinski definition) is 3. The topological polar surface area (TPSA) is 55.6 Å². The molecule has 122 valence electrons. The number of carbonyl (C=O) groups excluding carboxylic acids is 1. The highest BCUT2D eigenvalue weighted by molar-refractivity contribution is 5.93. The molecule has 1 aromatic carbocycles. The third-order valence-electron chi connectivity index (χ3n) is 4.48. The van der Waals surface area contributed by atoms with E-state index in [4.69, 9.17) is 4.74 Å². The fourth-order valence-corrected chi connectivity index (χ4v) is 3.25. The highest BCUT2D eigenvalue weighted by Crippen LogP contribution is 2.33. The lowest BCUT2D eigenvalue weighted by molar-refractivity contribution is -0.101. The van der Waals surface area contributed by atoms with Crippen LogP contribution in [0, 0.1) is 0 Å². The number of hydrogen-bond donors (Lipinski definition) is 1. The first-order chi connectivity index (χ1) is 11.8. The molecule has 0 bridgehead atoms. The Kier molecular flexibility index (Phi) is 3.78. The van der Waals surface area contributed by atoms with Crippen LogP contribution in [0.4, 0.5) is 0 Å². The van der Waals surface area contributed by atoms with Crippen LogP contribution in [0.25, 0.3) is 5.65 Å². The minimum atomic E-state index is -0.768. The molecule has 0 spiro atoms. The van der Waals surface area contributed by atoms with Gasteiger partial charge in [-0.05, 0) is 31.4 Å². The molecule has 1 fully saturated rings. The summed E-state index contributed by atoms with van der Waals surface area (Å²) in [7, 11) is 0. The van der Waals surface area contributed by atoms with E-state index in [2.05, 4.69) is 10.3 Å². The van der Waals surface area contributed by atoms with Crippen molar-refractivity contribution in [3.8, 4) is 0 Å². The molecule has 1 atom stereocenters. The molecule has 0 aliphatic carbocycles. The minimum Gasteiger partial charge on any atom is -0.351 e. The molecule has 1 N–H and O–H groups in total. The number of pyridine rings is 1. The molecule has 1 saturated heterocycles. The van der Waals surface area contributed by atoms with Gasteiger partial charge in [-0.25, -0.2) is 4.98 Å². The average molecular weight is 321 g/mol. The maximum absolute atomic E-state index is 12.9. The Hall–Kier alpha value is -2.66. The zero-order valence-corrected chi connectivity index (χ0v) is 13.3. The predicted molar refractivity (Wildman–Crippen MR) is 90.6 cm³/mol. The van der Waals surface area contributed by atoms with E-state index in [1.807, 2.05) is 54.7 Å². The molecule has 1 aliphatic rings. The lowest BCUT2D eigenvalue weighted by Crippen LogP contribution is -2.50. The number of rotatable bonds is 3. The second-order valence-corrected chi connectivity index (χ2v) is 6.03. The summed E-state index contributed by atoms with van der Waals surface area (Å²) in [6.07, 6.45) is 6.24. The molecule has 3 aromatic rings. The number of nitrogens with one attached hydrogen (secondary N) is 1. The quantitative estimate of drug-likeness (QED) is 0.806. The van der Waals surface area contributed by atoms with Gasteiger partial charge in [0, 0.05) is 18.4 Å². The zero-order valence-electron chi connectivity index (χ0n) is 13.3. The van der Waals surface area contributed by atoms with E-state index in [0.29, 0.717) is 12.3 Å².